The predicted molar refractivity (Wildman–Crippen MR) is 106 cm³/mol. The number of carbonyl (C=O) groups is 1. The summed E-state index contributed by atoms with van der Waals surface area (Å²) in [5, 5.41) is 0.535. The van der Waals surface area contributed by atoms with E-state index in [0.717, 1.165) is 11.1 Å². The molecule has 2 aromatic rings. The Kier molecular flexibility index (Phi) is 4.32. The van der Waals surface area contributed by atoms with Gasteiger partial charge in [0.1, 0.15) is 11.4 Å². The summed E-state index contributed by atoms with van der Waals surface area (Å²) in [5.74, 6) is 0.593. The molecule has 3 heterocycles. The highest BCUT2D eigenvalue weighted by molar-refractivity contribution is 6.30. The number of hydrogen-bond donors (Lipinski definition) is 1. The number of amides is 1. The van der Waals surface area contributed by atoms with Crippen LogP contribution in [0.3, 0.4) is 0 Å². The van der Waals surface area contributed by atoms with Crippen molar-refractivity contribution in [2.24, 2.45) is 10.7 Å². The third-order valence-electron chi connectivity index (χ3n) is 5.21. The number of benzene rings is 1. The van der Waals surface area contributed by atoms with Crippen LogP contribution in [-0.4, -0.2) is 48.1 Å². The SMILES string of the molecule is COC[C@]1(C)C[C@@]2(N=C(N)N(C)C2=O)c2cc(-c3cncc(Cl)c3)ccc2O1. The minimum atomic E-state index is -1.15. The summed E-state index contributed by atoms with van der Waals surface area (Å²) in [6, 6.07) is 7.48. The third-order valence-corrected chi connectivity index (χ3v) is 5.41. The van der Waals surface area contributed by atoms with Gasteiger partial charge < -0.3 is 15.2 Å². The van der Waals surface area contributed by atoms with Crippen LogP contribution in [0.4, 0.5) is 0 Å². The molecule has 146 valence electrons. The summed E-state index contributed by atoms with van der Waals surface area (Å²) in [6.45, 7) is 2.23. The fourth-order valence-corrected chi connectivity index (χ4v) is 4.18. The van der Waals surface area contributed by atoms with Gasteiger partial charge in [0, 0.05) is 44.1 Å². The molecule has 1 amide bonds. The summed E-state index contributed by atoms with van der Waals surface area (Å²) in [7, 11) is 3.23. The number of likely N-dealkylation sites (N-methyl/N-ethyl adjacent to an activating group) is 1. The maximum absolute atomic E-state index is 13.3. The van der Waals surface area contributed by atoms with E-state index in [1.807, 2.05) is 31.2 Å². The second-order valence-electron chi connectivity index (χ2n) is 7.46. The van der Waals surface area contributed by atoms with E-state index in [2.05, 4.69) is 9.98 Å². The van der Waals surface area contributed by atoms with E-state index in [-0.39, 0.29) is 11.9 Å². The number of aromatic nitrogens is 1. The first kappa shape index (κ1) is 18.7. The number of nitrogens with zero attached hydrogens (tertiary/aromatic N) is 3. The number of carbonyl (C=O) groups excluding carboxylic acids is 1. The predicted octanol–water partition coefficient (Wildman–Crippen LogP) is 2.57. The van der Waals surface area contributed by atoms with E-state index >= 15 is 0 Å². The minimum absolute atomic E-state index is 0.182. The molecule has 0 fully saturated rings. The Hall–Kier alpha value is -2.64. The highest BCUT2D eigenvalue weighted by atomic mass is 35.5. The first-order valence-electron chi connectivity index (χ1n) is 8.85. The van der Waals surface area contributed by atoms with Gasteiger partial charge in [-0.05, 0) is 30.7 Å². The van der Waals surface area contributed by atoms with Crippen LogP contribution < -0.4 is 10.5 Å². The molecule has 8 heteroatoms. The zero-order chi connectivity index (χ0) is 20.1. The summed E-state index contributed by atoms with van der Waals surface area (Å²) in [6.07, 6.45) is 3.62. The van der Waals surface area contributed by atoms with Crippen LogP contribution in [0.2, 0.25) is 5.02 Å². The fraction of sp³-hybridized carbons (Fsp3) is 0.350. The normalized spacial score (nSPS) is 26.2. The molecule has 1 spiro atoms. The van der Waals surface area contributed by atoms with Gasteiger partial charge in [-0.15, -0.1) is 0 Å². The Morgan fingerprint density at radius 1 is 1.32 bits per heavy atom. The number of guanidine groups is 1. The Morgan fingerprint density at radius 2 is 2.11 bits per heavy atom. The second-order valence-corrected chi connectivity index (χ2v) is 7.90. The molecule has 7 nitrogen and oxygen atoms in total. The molecule has 4 rings (SSSR count). The fourth-order valence-electron chi connectivity index (χ4n) is 4.01. The lowest BCUT2D eigenvalue weighted by Gasteiger charge is -2.42. The molecule has 1 aromatic carbocycles. The second kappa shape index (κ2) is 6.46. The molecule has 0 aliphatic carbocycles. The zero-order valence-corrected chi connectivity index (χ0v) is 16.7. The van der Waals surface area contributed by atoms with Crippen LogP contribution in [0.15, 0.2) is 41.7 Å². The Labute approximate surface area is 168 Å². The third kappa shape index (κ3) is 2.82. The van der Waals surface area contributed by atoms with Gasteiger partial charge in [0.2, 0.25) is 0 Å². The van der Waals surface area contributed by atoms with Crippen molar-refractivity contribution >= 4 is 23.5 Å². The smallest absolute Gasteiger partial charge is 0.261 e. The van der Waals surface area contributed by atoms with Crippen molar-refractivity contribution in [2.75, 3.05) is 20.8 Å². The first-order valence-corrected chi connectivity index (χ1v) is 9.23. The molecule has 2 aliphatic rings. The highest BCUT2D eigenvalue weighted by Gasteiger charge is 2.56. The van der Waals surface area contributed by atoms with E-state index < -0.39 is 11.1 Å². The molecule has 0 bridgehead atoms. The number of aliphatic imine (C=N–C) groups is 1. The first-order chi connectivity index (χ1) is 13.3. The van der Waals surface area contributed by atoms with Crippen LogP contribution >= 0.6 is 11.6 Å². The van der Waals surface area contributed by atoms with E-state index in [0.29, 0.717) is 29.4 Å². The molecule has 0 saturated carbocycles. The van der Waals surface area contributed by atoms with Crippen molar-refractivity contribution < 1.29 is 14.3 Å². The Morgan fingerprint density at radius 3 is 2.75 bits per heavy atom. The summed E-state index contributed by atoms with van der Waals surface area (Å²) in [4.78, 5) is 23.4. The summed E-state index contributed by atoms with van der Waals surface area (Å²) >= 11 is 6.09. The van der Waals surface area contributed by atoms with Gasteiger partial charge in [-0.2, -0.15) is 0 Å². The number of pyridine rings is 1. The maximum Gasteiger partial charge on any atom is 0.261 e. The number of ether oxygens (including phenoxy) is 2. The molecule has 2 atom stereocenters. The van der Waals surface area contributed by atoms with Gasteiger partial charge in [0.15, 0.2) is 11.5 Å². The molecule has 0 saturated heterocycles. The molecule has 1 aromatic heterocycles. The average Bonchev–Trinajstić information content (AvgIpc) is 2.85. The average molecular weight is 401 g/mol. The van der Waals surface area contributed by atoms with Crippen molar-refractivity contribution in [3.63, 3.8) is 0 Å². The van der Waals surface area contributed by atoms with Gasteiger partial charge in [-0.25, -0.2) is 4.99 Å². The van der Waals surface area contributed by atoms with Crippen LogP contribution in [0.25, 0.3) is 11.1 Å². The van der Waals surface area contributed by atoms with Crippen LogP contribution in [0.5, 0.6) is 5.75 Å². The lowest BCUT2D eigenvalue weighted by molar-refractivity contribution is -0.135. The van der Waals surface area contributed by atoms with E-state index in [4.69, 9.17) is 26.8 Å². The summed E-state index contributed by atoms with van der Waals surface area (Å²) in [5.41, 5.74) is 6.53. The number of halogens is 1. The van der Waals surface area contributed by atoms with Gasteiger partial charge in [-0.3, -0.25) is 14.7 Å². The van der Waals surface area contributed by atoms with Crippen LogP contribution in [0.1, 0.15) is 18.9 Å². The molecular formula is C20H21ClN4O3. The lowest BCUT2D eigenvalue weighted by atomic mass is 9.76. The molecule has 0 radical (unpaired) electrons. The van der Waals surface area contributed by atoms with Crippen molar-refractivity contribution in [1.29, 1.82) is 0 Å². The standard InChI is InChI=1S/C20H21ClN4O3/c1-19(11-27-3)10-20(17(26)25(2)18(22)24-20)15-7-12(4-5-16(15)28-19)13-6-14(21)9-23-8-13/h4-9H,10-11H2,1-3H3,(H2,22,24)/t19-,20+/m0/s1. The van der Waals surface area contributed by atoms with Gasteiger partial charge in [0.05, 0.1) is 11.6 Å². The monoisotopic (exact) mass is 400 g/mol. The molecule has 2 N–H and O–H groups in total. The van der Waals surface area contributed by atoms with E-state index in [9.17, 15) is 4.79 Å². The molecule has 28 heavy (non-hydrogen) atoms. The zero-order valence-electron chi connectivity index (χ0n) is 15.9. The molecule has 2 aliphatic heterocycles. The van der Waals surface area contributed by atoms with E-state index in [1.165, 1.54) is 4.90 Å². The maximum atomic E-state index is 13.3. The number of fused-ring (bicyclic) bond motifs is 2. The largest absolute Gasteiger partial charge is 0.485 e. The van der Waals surface area contributed by atoms with Crippen molar-refractivity contribution in [1.82, 2.24) is 9.88 Å². The van der Waals surface area contributed by atoms with Gasteiger partial charge in [-0.1, -0.05) is 17.7 Å². The quantitative estimate of drug-likeness (QED) is 0.855. The summed E-state index contributed by atoms with van der Waals surface area (Å²) < 4.78 is 11.6. The molecule has 0 unspecified atom stereocenters. The number of nitrogens with two attached hydrogens (primary N) is 1. The lowest BCUT2D eigenvalue weighted by Crippen LogP contribution is -2.52. The highest BCUT2D eigenvalue weighted by Crippen LogP contribution is 2.50. The van der Waals surface area contributed by atoms with Crippen molar-refractivity contribution in [2.45, 2.75) is 24.5 Å². The number of rotatable bonds is 3. The number of methoxy groups -OCH3 is 1. The van der Waals surface area contributed by atoms with Crippen molar-refractivity contribution in [3.05, 3.63) is 47.2 Å². The topological polar surface area (TPSA) is 90.0 Å². The Balaban J connectivity index is 1.91. The van der Waals surface area contributed by atoms with Crippen LogP contribution in [0, 0.1) is 0 Å². The van der Waals surface area contributed by atoms with E-state index in [1.54, 1.807) is 26.6 Å². The van der Waals surface area contributed by atoms with Gasteiger partial charge >= 0.3 is 0 Å². The number of hydrogen-bond acceptors (Lipinski definition) is 6. The van der Waals surface area contributed by atoms with Crippen molar-refractivity contribution in [3.8, 4) is 16.9 Å². The molecular weight excluding hydrogens is 380 g/mol. The minimum Gasteiger partial charge on any atom is -0.485 e. The van der Waals surface area contributed by atoms with Gasteiger partial charge in [0.25, 0.3) is 5.91 Å². The van der Waals surface area contributed by atoms with Crippen LogP contribution in [-0.2, 0) is 15.1 Å². The Bertz CT molecular complexity index is 995.